The lowest BCUT2D eigenvalue weighted by Crippen LogP contribution is -2.20. The minimum Gasteiger partial charge on any atom is -0.459 e. The van der Waals surface area contributed by atoms with Crippen LogP contribution in [0.1, 0.15) is 25.6 Å². The summed E-state index contributed by atoms with van der Waals surface area (Å²) in [6.07, 6.45) is 0. The highest BCUT2D eigenvalue weighted by atomic mass is 35.5. The Morgan fingerprint density at radius 3 is 2.45 bits per heavy atom. The van der Waals surface area contributed by atoms with E-state index in [2.05, 4.69) is 31.3 Å². The van der Waals surface area contributed by atoms with Gasteiger partial charge in [-0.3, -0.25) is 0 Å². The average Bonchev–Trinajstić information content (AvgIpc) is 2.83. The zero-order valence-corrected chi connectivity index (χ0v) is 12.7. The number of benzene rings is 2. The minimum absolute atomic E-state index is 0.208. The Balaban J connectivity index is 2.28. The Kier molecular flexibility index (Phi) is 3.45. The Labute approximate surface area is 123 Å². The lowest BCUT2D eigenvalue weighted by molar-refractivity contribution is 0.371. The molecule has 1 unspecified atom stereocenters. The van der Waals surface area contributed by atoms with Crippen LogP contribution >= 0.6 is 11.6 Å². The first-order valence-electron chi connectivity index (χ1n) is 6.89. The van der Waals surface area contributed by atoms with Crippen LogP contribution in [-0.4, -0.2) is 7.05 Å². The number of hydrogen-bond acceptors (Lipinski definition) is 2. The van der Waals surface area contributed by atoms with E-state index in [-0.39, 0.29) is 6.04 Å². The normalized spacial score (nSPS) is 13.4. The summed E-state index contributed by atoms with van der Waals surface area (Å²) in [7, 11) is 1.96. The van der Waals surface area contributed by atoms with Crippen LogP contribution in [0.3, 0.4) is 0 Å². The summed E-state index contributed by atoms with van der Waals surface area (Å²) in [5, 5.41) is 7.25. The van der Waals surface area contributed by atoms with Gasteiger partial charge in [-0.2, -0.15) is 0 Å². The molecule has 0 aliphatic heterocycles. The number of halogens is 1. The van der Waals surface area contributed by atoms with Gasteiger partial charge in [-0.15, -0.1) is 0 Å². The van der Waals surface area contributed by atoms with Gasteiger partial charge in [0.1, 0.15) is 11.3 Å². The fourth-order valence-electron chi connectivity index (χ4n) is 2.80. The largest absolute Gasteiger partial charge is 0.459 e. The predicted molar refractivity (Wildman–Crippen MR) is 85.4 cm³/mol. The third kappa shape index (κ3) is 2.09. The van der Waals surface area contributed by atoms with Crippen molar-refractivity contribution >= 4 is 33.3 Å². The van der Waals surface area contributed by atoms with Gasteiger partial charge in [0.2, 0.25) is 0 Å². The number of nitrogens with one attached hydrogen (secondary N) is 1. The summed E-state index contributed by atoms with van der Waals surface area (Å²) < 4.78 is 6.13. The molecule has 2 nitrogen and oxygen atoms in total. The van der Waals surface area contributed by atoms with Gasteiger partial charge >= 0.3 is 0 Å². The second kappa shape index (κ2) is 5.12. The van der Waals surface area contributed by atoms with Crippen molar-refractivity contribution in [1.29, 1.82) is 0 Å². The van der Waals surface area contributed by atoms with Crippen LogP contribution in [0, 0.1) is 5.92 Å². The SMILES string of the molecule is CNC(c1cc2cc(Cl)c3ccccc3c2o1)C(C)C. The molecule has 0 spiro atoms. The maximum atomic E-state index is 6.36. The summed E-state index contributed by atoms with van der Waals surface area (Å²) in [4.78, 5) is 0. The first-order chi connectivity index (χ1) is 9.61. The van der Waals surface area contributed by atoms with E-state index in [0.29, 0.717) is 5.92 Å². The molecule has 0 radical (unpaired) electrons. The molecule has 1 N–H and O–H groups in total. The fraction of sp³-hybridized carbons (Fsp3) is 0.294. The Hall–Kier alpha value is -1.51. The Bertz CT molecular complexity index is 760. The van der Waals surface area contributed by atoms with Crippen LogP contribution in [0.25, 0.3) is 21.7 Å². The molecule has 0 fully saturated rings. The van der Waals surface area contributed by atoms with Gasteiger partial charge in [-0.1, -0.05) is 49.7 Å². The number of rotatable bonds is 3. The van der Waals surface area contributed by atoms with Crippen LogP contribution in [-0.2, 0) is 0 Å². The molecular formula is C17H18ClNO. The van der Waals surface area contributed by atoms with Crippen molar-refractivity contribution in [2.45, 2.75) is 19.9 Å². The quantitative estimate of drug-likeness (QED) is 0.720. The van der Waals surface area contributed by atoms with Crippen molar-refractivity contribution in [3.63, 3.8) is 0 Å². The smallest absolute Gasteiger partial charge is 0.142 e. The standard InChI is InChI=1S/C17H18ClNO/c1-10(2)16(19-3)15-9-11-8-14(18)12-6-4-5-7-13(12)17(11)20-15/h4-10,16,19H,1-3H3. The summed E-state index contributed by atoms with van der Waals surface area (Å²) in [6.45, 7) is 4.36. The van der Waals surface area contributed by atoms with Gasteiger partial charge in [0.25, 0.3) is 0 Å². The van der Waals surface area contributed by atoms with E-state index < -0.39 is 0 Å². The molecule has 20 heavy (non-hydrogen) atoms. The molecule has 0 saturated heterocycles. The van der Waals surface area contributed by atoms with E-state index in [9.17, 15) is 0 Å². The van der Waals surface area contributed by atoms with E-state index in [1.807, 2.05) is 31.3 Å². The maximum absolute atomic E-state index is 6.36. The predicted octanol–water partition coefficient (Wildman–Crippen LogP) is 5.16. The molecule has 0 aliphatic rings. The first-order valence-corrected chi connectivity index (χ1v) is 7.27. The summed E-state index contributed by atoms with van der Waals surface area (Å²) in [5.74, 6) is 1.42. The lowest BCUT2D eigenvalue weighted by atomic mass is 10.0. The Morgan fingerprint density at radius 2 is 1.80 bits per heavy atom. The molecule has 0 amide bonds. The van der Waals surface area contributed by atoms with Crippen LogP contribution in [0.5, 0.6) is 0 Å². The monoisotopic (exact) mass is 287 g/mol. The molecule has 1 atom stereocenters. The van der Waals surface area contributed by atoms with Crippen LogP contribution in [0.15, 0.2) is 40.8 Å². The summed E-state index contributed by atoms with van der Waals surface area (Å²) in [6, 6.07) is 12.4. The number of fused-ring (bicyclic) bond motifs is 3. The molecule has 3 rings (SSSR count). The third-order valence-electron chi connectivity index (χ3n) is 3.78. The van der Waals surface area contributed by atoms with E-state index in [1.165, 1.54) is 0 Å². The second-order valence-electron chi connectivity index (χ2n) is 5.48. The highest BCUT2D eigenvalue weighted by molar-refractivity contribution is 6.37. The molecule has 1 aromatic heterocycles. The van der Waals surface area contributed by atoms with E-state index in [4.69, 9.17) is 16.0 Å². The van der Waals surface area contributed by atoms with Gasteiger partial charge in [0.15, 0.2) is 0 Å². The van der Waals surface area contributed by atoms with E-state index in [1.54, 1.807) is 0 Å². The number of hydrogen-bond donors (Lipinski definition) is 1. The molecule has 104 valence electrons. The van der Waals surface area contributed by atoms with Gasteiger partial charge in [-0.05, 0) is 25.1 Å². The second-order valence-corrected chi connectivity index (χ2v) is 5.89. The molecule has 2 aromatic carbocycles. The van der Waals surface area contributed by atoms with Crippen molar-refractivity contribution in [2.75, 3.05) is 7.05 Å². The van der Waals surface area contributed by atoms with Crippen LogP contribution in [0.2, 0.25) is 5.02 Å². The zero-order chi connectivity index (χ0) is 14.3. The third-order valence-corrected chi connectivity index (χ3v) is 4.09. The van der Waals surface area contributed by atoms with Crippen molar-refractivity contribution in [3.05, 3.63) is 47.2 Å². The summed E-state index contributed by atoms with van der Waals surface area (Å²) in [5.41, 5.74) is 0.918. The van der Waals surface area contributed by atoms with Crippen molar-refractivity contribution in [2.24, 2.45) is 5.92 Å². The molecule has 0 aliphatic carbocycles. The highest BCUT2D eigenvalue weighted by Crippen LogP contribution is 2.36. The average molecular weight is 288 g/mol. The van der Waals surface area contributed by atoms with Crippen molar-refractivity contribution in [1.82, 2.24) is 5.32 Å². The molecule has 1 heterocycles. The maximum Gasteiger partial charge on any atom is 0.142 e. The fourth-order valence-corrected chi connectivity index (χ4v) is 3.09. The van der Waals surface area contributed by atoms with E-state index in [0.717, 1.165) is 32.5 Å². The van der Waals surface area contributed by atoms with Gasteiger partial charge in [0, 0.05) is 21.2 Å². The topological polar surface area (TPSA) is 25.2 Å². The van der Waals surface area contributed by atoms with Gasteiger partial charge in [0.05, 0.1) is 6.04 Å². The zero-order valence-electron chi connectivity index (χ0n) is 11.9. The molecule has 0 saturated carbocycles. The lowest BCUT2D eigenvalue weighted by Gasteiger charge is -2.17. The Morgan fingerprint density at radius 1 is 1.10 bits per heavy atom. The van der Waals surface area contributed by atoms with E-state index >= 15 is 0 Å². The first kappa shape index (κ1) is 13.5. The van der Waals surface area contributed by atoms with Gasteiger partial charge in [-0.25, -0.2) is 0 Å². The molecular weight excluding hydrogens is 270 g/mol. The minimum atomic E-state index is 0.208. The molecule has 0 bridgehead atoms. The van der Waals surface area contributed by atoms with Crippen molar-refractivity contribution < 1.29 is 4.42 Å². The van der Waals surface area contributed by atoms with Crippen molar-refractivity contribution in [3.8, 4) is 0 Å². The summed E-state index contributed by atoms with van der Waals surface area (Å²) >= 11 is 6.36. The van der Waals surface area contributed by atoms with Crippen LogP contribution in [0.4, 0.5) is 0 Å². The highest BCUT2D eigenvalue weighted by Gasteiger charge is 2.19. The molecule has 3 aromatic rings. The van der Waals surface area contributed by atoms with Crippen LogP contribution < -0.4 is 5.32 Å². The van der Waals surface area contributed by atoms with Gasteiger partial charge < -0.3 is 9.73 Å². The molecule has 3 heteroatoms. The number of furan rings is 1.